The maximum atomic E-state index is 11.7. The van der Waals surface area contributed by atoms with E-state index in [9.17, 15) is 9.59 Å². The second-order valence-electron chi connectivity index (χ2n) is 4.82. The van der Waals surface area contributed by atoms with Gasteiger partial charge in [0.25, 0.3) is 0 Å². The van der Waals surface area contributed by atoms with Crippen LogP contribution in [-0.4, -0.2) is 39.2 Å². The largest absolute Gasteiger partial charge is 0.480 e. The number of carboxylic acids is 1. The van der Waals surface area contributed by atoms with Gasteiger partial charge in [-0.3, -0.25) is 0 Å². The molecule has 1 heterocycles. The number of aromatic nitrogens is 2. The molecule has 7 heteroatoms. The van der Waals surface area contributed by atoms with Crippen molar-refractivity contribution in [1.29, 1.82) is 0 Å². The van der Waals surface area contributed by atoms with E-state index in [4.69, 9.17) is 5.11 Å². The van der Waals surface area contributed by atoms with Gasteiger partial charge >= 0.3 is 12.0 Å². The highest BCUT2D eigenvalue weighted by Gasteiger charge is 2.22. The fraction of sp³-hybridized carbons (Fsp3) is 0.583. The van der Waals surface area contributed by atoms with Crippen LogP contribution in [0.2, 0.25) is 0 Å². The maximum absolute atomic E-state index is 11.7. The molecule has 106 valence electrons. The number of carbonyl (C=O) groups excluding carboxylic acids is 1. The highest BCUT2D eigenvalue weighted by Crippen LogP contribution is 2.01. The standard InChI is InChI=1S/C12H20N4O3/c1-7(2)8(3)15-12(19)16-10(11(17)18)4-9-5-13-6-14-9/h5-8,10H,4H2,1-3H3,(H,13,14)(H,17,18)(H2,15,16,19). The Morgan fingerprint density at radius 3 is 2.53 bits per heavy atom. The summed E-state index contributed by atoms with van der Waals surface area (Å²) in [5.74, 6) is -0.802. The van der Waals surface area contributed by atoms with Crippen molar-refractivity contribution in [3.8, 4) is 0 Å². The summed E-state index contributed by atoms with van der Waals surface area (Å²) in [6.07, 6.45) is 3.17. The van der Waals surface area contributed by atoms with E-state index in [1.54, 1.807) is 0 Å². The molecule has 2 amide bonds. The van der Waals surface area contributed by atoms with Gasteiger partial charge in [0.1, 0.15) is 6.04 Å². The first kappa shape index (κ1) is 15.0. The van der Waals surface area contributed by atoms with Crippen molar-refractivity contribution in [3.63, 3.8) is 0 Å². The molecule has 2 atom stereocenters. The number of H-pyrrole nitrogens is 1. The summed E-state index contributed by atoms with van der Waals surface area (Å²) < 4.78 is 0. The van der Waals surface area contributed by atoms with Crippen molar-refractivity contribution in [2.75, 3.05) is 0 Å². The Hall–Kier alpha value is -2.05. The molecule has 0 spiro atoms. The number of nitrogens with one attached hydrogen (secondary N) is 3. The lowest BCUT2D eigenvalue weighted by molar-refractivity contribution is -0.139. The Bertz CT molecular complexity index is 417. The highest BCUT2D eigenvalue weighted by molar-refractivity contribution is 5.82. The molecule has 0 aliphatic carbocycles. The Labute approximate surface area is 111 Å². The molecule has 0 saturated carbocycles. The third kappa shape index (κ3) is 4.99. The number of urea groups is 1. The molecular formula is C12H20N4O3. The first-order valence-corrected chi connectivity index (χ1v) is 6.17. The lowest BCUT2D eigenvalue weighted by Gasteiger charge is -2.20. The zero-order valence-electron chi connectivity index (χ0n) is 11.3. The van der Waals surface area contributed by atoms with Crippen LogP contribution in [0.3, 0.4) is 0 Å². The number of amides is 2. The Kier molecular flexibility index (Phi) is 5.35. The molecule has 0 aliphatic heterocycles. The van der Waals surface area contributed by atoms with Crippen molar-refractivity contribution in [3.05, 3.63) is 18.2 Å². The molecule has 0 saturated heterocycles. The summed E-state index contributed by atoms with van der Waals surface area (Å²) in [4.78, 5) is 29.4. The lowest BCUT2D eigenvalue weighted by Crippen LogP contribution is -2.50. The number of imidazole rings is 1. The second kappa shape index (κ2) is 6.77. The van der Waals surface area contributed by atoms with Crippen LogP contribution in [-0.2, 0) is 11.2 Å². The smallest absolute Gasteiger partial charge is 0.326 e. The molecule has 1 rings (SSSR count). The summed E-state index contributed by atoms with van der Waals surface area (Å²) in [5, 5.41) is 14.2. The van der Waals surface area contributed by atoms with Crippen LogP contribution in [0.25, 0.3) is 0 Å². The van der Waals surface area contributed by atoms with Crippen molar-refractivity contribution < 1.29 is 14.7 Å². The van der Waals surface area contributed by atoms with Gasteiger partial charge in [0.15, 0.2) is 0 Å². The molecule has 2 unspecified atom stereocenters. The van der Waals surface area contributed by atoms with Gasteiger partial charge in [-0.2, -0.15) is 0 Å². The third-order valence-electron chi connectivity index (χ3n) is 2.94. The van der Waals surface area contributed by atoms with Gasteiger partial charge < -0.3 is 20.7 Å². The van der Waals surface area contributed by atoms with Gasteiger partial charge in [0.05, 0.1) is 6.33 Å². The third-order valence-corrected chi connectivity index (χ3v) is 2.94. The SMILES string of the molecule is CC(C)C(C)NC(=O)NC(Cc1cnc[nH]1)C(=O)O. The first-order chi connectivity index (χ1) is 8.90. The summed E-state index contributed by atoms with van der Waals surface area (Å²) >= 11 is 0. The fourth-order valence-electron chi connectivity index (χ4n) is 1.39. The van der Waals surface area contributed by atoms with Crippen LogP contribution in [0.15, 0.2) is 12.5 Å². The van der Waals surface area contributed by atoms with Crippen LogP contribution in [0.5, 0.6) is 0 Å². The van der Waals surface area contributed by atoms with Crippen molar-refractivity contribution in [1.82, 2.24) is 20.6 Å². The molecule has 19 heavy (non-hydrogen) atoms. The Morgan fingerprint density at radius 1 is 1.37 bits per heavy atom. The van der Waals surface area contributed by atoms with Crippen molar-refractivity contribution in [2.24, 2.45) is 5.92 Å². The number of aliphatic carboxylic acids is 1. The number of hydrogen-bond acceptors (Lipinski definition) is 3. The number of hydrogen-bond donors (Lipinski definition) is 4. The molecule has 7 nitrogen and oxygen atoms in total. The normalized spacial score (nSPS) is 13.9. The van der Waals surface area contributed by atoms with E-state index in [-0.39, 0.29) is 18.4 Å². The molecule has 0 fully saturated rings. The summed E-state index contributed by atoms with van der Waals surface area (Å²) in [5.41, 5.74) is 0.657. The monoisotopic (exact) mass is 268 g/mol. The van der Waals surface area contributed by atoms with Crippen molar-refractivity contribution >= 4 is 12.0 Å². The van der Waals surface area contributed by atoms with Crippen LogP contribution in [0.4, 0.5) is 4.79 Å². The molecule has 0 aliphatic rings. The number of rotatable bonds is 6. The zero-order chi connectivity index (χ0) is 14.4. The average Bonchev–Trinajstić information content (AvgIpc) is 2.80. The molecule has 1 aromatic heterocycles. The molecule has 0 bridgehead atoms. The fourth-order valence-corrected chi connectivity index (χ4v) is 1.39. The van der Waals surface area contributed by atoms with E-state index in [0.717, 1.165) is 0 Å². The average molecular weight is 268 g/mol. The van der Waals surface area contributed by atoms with Gasteiger partial charge in [0, 0.05) is 24.4 Å². The lowest BCUT2D eigenvalue weighted by atomic mass is 10.1. The minimum Gasteiger partial charge on any atom is -0.480 e. The van der Waals surface area contributed by atoms with E-state index in [1.165, 1.54) is 12.5 Å². The van der Waals surface area contributed by atoms with Gasteiger partial charge in [-0.05, 0) is 12.8 Å². The quantitative estimate of drug-likeness (QED) is 0.610. The van der Waals surface area contributed by atoms with Crippen LogP contribution >= 0.6 is 0 Å². The summed E-state index contributed by atoms with van der Waals surface area (Å²) in [6.45, 7) is 5.82. The van der Waals surface area contributed by atoms with Crippen molar-refractivity contribution in [2.45, 2.75) is 39.3 Å². The summed E-state index contributed by atoms with van der Waals surface area (Å²) in [7, 11) is 0. The first-order valence-electron chi connectivity index (χ1n) is 6.17. The molecular weight excluding hydrogens is 248 g/mol. The van der Waals surface area contributed by atoms with E-state index in [2.05, 4.69) is 20.6 Å². The van der Waals surface area contributed by atoms with Gasteiger partial charge in [-0.15, -0.1) is 0 Å². The zero-order valence-corrected chi connectivity index (χ0v) is 11.3. The van der Waals surface area contributed by atoms with Gasteiger partial charge in [0.2, 0.25) is 0 Å². The topological polar surface area (TPSA) is 107 Å². The highest BCUT2D eigenvalue weighted by atomic mass is 16.4. The molecule has 0 radical (unpaired) electrons. The molecule has 4 N–H and O–H groups in total. The molecule has 0 aromatic carbocycles. The van der Waals surface area contributed by atoms with Crippen LogP contribution in [0, 0.1) is 5.92 Å². The number of carbonyl (C=O) groups is 2. The van der Waals surface area contributed by atoms with Crippen LogP contribution in [0.1, 0.15) is 26.5 Å². The Morgan fingerprint density at radius 2 is 2.05 bits per heavy atom. The van der Waals surface area contributed by atoms with E-state index in [0.29, 0.717) is 5.69 Å². The minimum absolute atomic E-state index is 0.0263. The van der Waals surface area contributed by atoms with E-state index < -0.39 is 18.0 Å². The van der Waals surface area contributed by atoms with Gasteiger partial charge in [-0.1, -0.05) is 13.8 Å². The van der Waals surface area contributed by atoms with Gasteiger partial charge in [-0.25, -0.2) is 14.6 Å². The Balaban J connectivity index is 2.54. The maximum Gasteiger partial charge on any atom is 0.326 e. The predicted octanol–water partition coefficient (Wildman–Crippen LogP) is 0.749. The number of carboxylic acid groups (broad SMARTS) is 1. The predicted molar refractivity (Wildman–Crippen MR) is 69.7 cm³/mol. The second-order valence-corrected chi connectivity index (χ2v) is 4.82. The van der Waals surface area contributed by atoms with E-state index in [1.807, 2.05) is 20.8 Å². The number of nitrogens with zero attached hydrogens (tertiary/aromatic N) is 1. The van der Waals surface area contributed by atoms with Crippen LogP contribution < -0.4 is 10.6 Å². The number of aromatic amines is 1. The summed E-state index contributed by atoms with van der Waals surface area (Å²) in [6, 6.07) is -1.49. The minimum atomic E-state index is -1.08. The van der Waals surface area contributed by atoms with E-state index >= 15 is 0 Å². The molecule has 1 aromatic rings.